The number of hydrogen-bond donors (Lipinski definition) is 1. The Morgan fingerprint density at radius 2 is 2.15 bits per heavy atom. The minimum atomic E-state index is 0.739. The van der Waals surface area contributed by atoms with Crippen LogP contribution >= 0.6 is 11.6 Å². The average molecular weight is 284 g/mol. The van der Waals surface area contributed by atoms with Gasteiger partial charge >= 0.3 is 0 Å². The molecule has 0 unspecified atom stereocenters. The maximum absolute atomic E-state index is 6.28. The summed E-state index contributed by atoms with van der Waals surface area (Å²) in [6.07, 6.45) is 1.10. The molecule has 0 bridgehead atoms. The number of aryl methyl sites for hydroxylation is 1. The molecule has 0 atom stereocenters. The first kappa shape index (κ1) is 11.8. The average Bonchev–Trinajstić information content (AvgIpc) is 3.03. The lowest BCUT2D eigenvalue weighted by Gasteiger charge is -2.06. The number of aromatic nitrogens is 2. The van der Waals surface area contributed by atoms with Gasteiger partial charge in [-0.2, -0.15) is 0 Å². The highest BCUT2D eigenvalue weighted by Crippen LogP contribution is 2.32. The zero-order valence-electron chi connectivity index (χ0n) is 11.2. The number of imidazole rings is 1. The van der Waals surface area contributed by atoms with Gasteiger partial charge in [0, 0.05) is 24.8 Å². The van der Waals surface area contributed by atoms with E-state index in [1.807, 2.05) is 25.2 Å². The van der Waals surface area contributed by atoms with Crippen molar-refractivity contribution >= 4 is 28.3 Å². The highest BCUT2D eigenvalue weighted by atomic mass is 35.5. The van der Waals surface area contributed by atoms with Gasteiger partial charge in [0.25, 0.3) is 0 Å². The first-order valence-electron chi connectivity index (χ1n) is 6.72. The molecule has 2 aromatic carbocycles. The van der Waals surface area contributed by atoms with Gasteiger partial charge in [-0.3, -0.25) is 0 Å². The number of anilines is 1. The molecule has 20 heavy (non-hydrogen) atoms. The van der Waals surface area contributed by atoms with Crippen LogP contribution in [0, 0.1) is 0 Å². The van der Waals surface area contributed by atoms with Crippen molar-refractivity contribution in [1.82, 2.24) is 9.55 Å². The Hall–Kier alpha value is -2.00. The lowest BCUT2D eigenvalue weighted by Crippen LogP contribution is -1.94. The summed E-state index contributed by atoms with van der Waals surface area (Å²) in [6.45, 7) is 1.02. The quantitative estimate of drug-likeness (QED) is 0.735. The Morgan fingerprint density at radius 1 is 1.25 bits per heavy atom. The topological polar surface area (TPSA) is 29.9 Å². The molecule has 0 amide bonds. The van der Waals surface area contributed by atoms with E-state index in [9.17, 15) is 0 Å². The van der Waals surface area contributed by atoms with Gasteiger partial charge in [0.15, 0.2) is 0 Å². The van der Waals surface area contributed by atoms with Crippen LogP contribution in [-0.2, 0) is 13.5 Å². The summed E-state index contributed by atoms with van der Waals surface area (Å²) < 4.78 is 2.06. The van der Waals surface area contributed by atoms with Crippen LogP contribution in [0.15, 0.2) is 36.4 Å². The van der Waals surface area contributed by atoms with Crippen molar-refractivity contribution in [1.29, 1.82) is 0 Å². The summed E-state index contributed by atoms with van der Waals surface area (Å²) in [5, 5.41) is 4.15. The Kier molecular flexibility index (Phi) is 2.51. The molecule has 0 saturated carbocycles. The summed E-state index contributed by atoms with van der Waals surface area (Å²) in [5.74, 6) is 0.949. The number of hydrogen-bond acceptors (Lipinski definition) is 2. The molecule has 1 N–H and O–H groups in total. The summed E-state index contributed by atoms with van der Waals surface area (Å²) in [5.41, 5.74) is 5.64. The van der Waals surface area contributed by atoms with E-state index in [2.05, 4.69) is 28.1 Å². The minimum Gasteiger partial charge on any atom is -0.384 e. The highest BCUT2D eigenvalue weighted by molar-refractivity contribution is 6.35. The predicted molar refractivity (Wildman–Crippen MR) is 83.4 cm³/mol. The maximum atomic E-state index is 6.28. The van der Waals surface area contributed by atoms with Crippen LogP contribution < -0.4 is 5.32 Å². The fourth-order valence-electron chi connectivity index (χ4n) is 2.91. The zero-order chi connectivity index (χ0) is 13.7. The van der Waals surface area contributed by atoms with Gasteiger partial charge < -0.3 is 9.88 Å². The third kappa shape index (κ3) is 1.63. The molecule has 1 aliphatic heterocycles. The number of nitrogens with one attached hydrogen (secondary N) is 1. The monoisotopic (exact) mass is 283 g/mol. The number of fused-ring (bicyclic) bond motifs is 2. The molecule has 0 radical (unpaired) electrons. The molecular formula is C16H14ClN3. The number of halogens is 1. The Morgan fingerprint density at radius 3 is 3.00 bits per heavy atom. The maximum Gasteiger partial charge on any atom is 0.140 e. The van der Waals surface area contributed by atoms with E-state index in [-0.39, 0.29) is 0 Å². The predicted octanol–water partition coefficient (Wildman–Crippen LogP) is 3.86. The van der Waals surface area contributed by atoms with Crippen molar-refractivity contribution in [3.8, 4) is 11.4 Å². The second-order valence-corrected chi connectivity index (χ2v) is 5.56. The van der Waals surface area contributed by atoms with Crippen LogP contribution in [0.3, 0.4) is 0 Å². The number of nitrogens with zero attached hydrogens (tertiary/aromatic N) is 2. The standard InChI is InChI=1S/C16H14ClN3/c1-20-15-12(17)3-2-4-13(15)19-16(20)11-6-5-10-7-8-18-14(10)9-11/h2-6,9,18H,7-8H2,1H3. The van der Waals surface area contributed by atoms with E-state index >= 15 is 0 Å². The first-order chi connectivity index (χ1) is 9.74. The molecule has 3 nitrogen and oxygen atoms in total. The van der Waals surface area contributed by atoms with Crippen molar-refractivity contribution in [3.05, 3.63) is 47.0 Å². The normalized spacial score (nSPS) is 13.5. The molecule has 4 heteroatoms. The third-order valence-corrected chi connectivity index (χ3v) is 4.23. The molecule has 0 saturated heterocycles. The van der Waals surface area contributed by atoms with Crippen molar-refractivity contribution in [3.63, 3.8) is 0 Å². The molecule has 100 valence electrons. The summed E-state index contributed by atoms with van der Waals surface area (Å²) in [4.78, 5) is 4.72. The highest BCUT2D eigenvalue weighted by Gasteiger charge is 2.15. The van der Waals surface area contributed by atoms with Crippen LogP contribution in [0.2, 0.25) is 5.02 Å². The van der Waals surface area contributed by atoms with E-state index in [1.165, 1.54) is 11.3 Å². The van der Waals surface area contributed by atoms with E-state index in [1.54, 1.807) is 0 Å². The number of rotatable bonds is 1. The molecule has 0 aliphatic carbocycles. The number of benzene rings is 2. The Balaban J connectivity index is 1.94. The molecule has 3 aromatic rings. The second-order valence-electron chi connectivity index (χ2n) is 5.15. The van der Waals surface area contributed by atoms with Crippen LogP contribution in [0.1, 0.15) is 5.56 Å². The van der Waals surface area contributed by atoms with Crippen molar-refractivity contribution in [2.75, 3.05) is 11.9 Å². The molecule has 4 rings (SSSR count). The van der Waals surface area contributed by atoms with Crippen LogP contribution in [0.4, 0.5) is 5.69 Å². The van der Waals surface area contributed by atoms with E-state index < -0.39 is 0 Å². The summed E-state index contributed by atoms with van der Waals surface area (Å²) >= 11 is 6.28. The Bertz CT molecular complexity index is 820. The van der Waals surface area contributed by atoms with Gasteiger partial charge in [0.1, 0.15) is 5.82 Å². The fourth-order valence-corrected chi connectivity index (χ4v) is 3.21. The first-order valence-corrected chi connectivity index (χ1v) is 7.10. The zero-order valence-corrected chi connectivity index (χ0v) is 11.9. The smallest absolute Gasteiger partial charge is 0.140 e. The Labute approximate surface area is 122 Å². The molecule has 1 aliphatic rings. The van der Waals surface area contributed by atoms with Gasteiger partial charge in [0.2, 0.25) is 0 Å². The van der Waals surface area contributed by atoms with E-state index in [0.29, 0.717) is 0 Å². The lowest BCUT2D eigenvalue weighted by atomic mass is 10.1. The van der Waals surface area contributed by atoms with Gasteiger partial charge in [-0.25, -0.2) is 4.98 Å². The molecular weight excluding hydrogens is 270 g/mol. The molecule has 1 aromatic heterocycles. The van der Waals surface area contributed by atoms with Gasteiger partial charge in [-0.15, -0.1) is 0 Å². The van der Waals surface area contributed by atoms with Crippen LogP contribution in [-0.4, -0.2) is 16.1 Å². The van der Waals surface area contributed by atoms with E-state index in [0.717, 1.165) is 40.4 Å². The van der Waals surface area contributed by atoms with E-state index in [4.69, 9.17) is 16.6 Å². The van der Waals surface area contributed by atoms with Gasteiger partial charge in [-0.05, 0) is 30.2 Å². The van der Waals surface area contributed by atoms with Gasteiger partial charge in [-0.1, -0.05) is 29.8 Å². The van der Waals surface area contributed by atoms with Crippen molar-refractivity contribution in [2.45, 2.75) is 6.42 Å². The SMILES string of the molecule is Cn1c(-c2ccc3c(c2)NCC3)nc2cccc(Cl)c21. The summed E-state index contributed by atoms with van der Waals surface area (Å²) in [6, 6.07) is 12.3. The molecule has 0 spiro atoms. The second kappa shape index (κ2) is 4.25. The fraction of sp³-hybridized carbons (Fsp3) is 0.188. The third-order valence-electron chi connectivity index (χ3n) is 3.92. The van der Waals surface area contributed by atoms with Crippen LogP contribution in [0.5, 0.6) is 0 Å². The lowest BCUT2D eigenvalue weighted by molar-refractivity contribution is 0.959. The minimum absolute atomic E-state index is 0.739. The summed E-state index contributed by atoms with van der Waals surface area (Å²) in [7, 11) is 2.01. The molecule has 0 fully saturated rings. The van der Waals surface area contributed by atoms with Gasteiger partial charge in [0.05, 0.1) is 16.1 Å². The largest absolute Gasteiger partial charge is 0.384 e. The van der Waals surface area contributed by atoms with Crippen LogP contribution in [0.25, 0.3) is 22.4 Å². The number of para-hydroxylation sites is 1. The molecule has 2 heterocycles. The van der Waals surface area contributed by atoms with Crippen molar-refractivity contribution < 1.29 is 0 Å². The van der Waals surface area contributed by atoms with Crippen molar-refractivity contribution in [2.24, 2.45) is 7.05 Å².